The topological polar surface area (TPSA) is 57.6 Å². The lowest BCUT2D eigenvalue weighted by atomic mass is 10.2. The number of rotatable bonds is 8. The molecular weight excluding hydrogens is 250 g/mol. The normalized spacial score (nSPS) is 11.9. The van der Waals surface area contributed by atoms with Crippen molar-refractivity contribution in [1.82, 2.24) is 4.31 Å². The second-order valence-electron chi connectivity index (χ2n) is 4.12. The van der Waals surface area contributed by atoms with Crippen molar-refractivity contribution in [2.75, 3.05) is 25.4 Å². The molecule has 0 fully saturated rings. The molecule has 1 aromatic carbocycles. The van der Waals surface area contributed by atoms with E-state index in [2.05, 4.69) is 0 Å². The zero-order valence-corrected chi connectivity index (χ0v) is 11.6. The van der Waals surface area contributed by atoms with Gasteiger partial charge in [0, 0.05) is 19.7 Å². The van der Waals surface area contributed by atoms with E-state index in [1.807, 2.05) is 37.3 Å². The Balaban J connectivity index is 2.57. The van der Waals surface area contributed by atoms with E-state index in [0.717, 1.165) is 5.56 Å². The van der Waals surface area contributed by atoms with Gasteiger partial charge in [-0.2, -0.15) is 0 Å². The molecule has 0 atom stereocenters. The molecule has 0 saturated carbocycles. The predicted molar refractivity (Wildman–Crippen MR) is 72.9 cm³/mol. The fourth-order valence-corrected chi connectivity index (χ4v) is 3.31. The van der Waals surface area contributed by atoms with Crippen LogP contribution in [0.3, 0.4) is 0 Å². The van der Waals surface area contributed by atoms with Gasteiger partial charge in [-0.3, -0.25) is 0 Å². The summed E-state index contributed by atoms with van der Waals surface area (Å²) in [6.07, 6.45) is 1.01. The maximum atomic E-state index is 12.1. The Morgan fingerprint density at radius 3 is 2.44 bits per heavy atom. The number of aliphatic hydroxyl groups is 1. The van der Waals surface area contributed by atoms with Crippen LogP contribution in [-0.4, -0.2) is 43.3 Å². The van der Waals surface area contributed by atoms with Gasteiger partial charge in [0.25, 0.3) is 0 Å². The van der Waals surface area contributed by atoms with Crippen LogP contribution in [0.2, 0.25) is 0 Å². The highest BCUT2D eigenvalue weighted by Gasteiger charge is 2.19. The third kappa shape index (κ3) is 4.76. The summed E-state index contributed by atoms with van der Waals surface area (Å²) >= 11 is 0. The van der Waals surface area contributed by atoms with Gasteiger partial charge in [-0.05, 0) is 18.4 Å². The molecule has 5 heteroatoms. The molecule has 0 heterocycles. The molecule has 0 spiro atoms. The highest BCUT2D eigenvalue weighted by atomic mass is 32.2. The minimum atomic E-state index is -3.22. The first-order valence-corrected chi connectivity index (χ1v) is 7.83. The highest BCUT2D eigenvalue weighted by molar-refractivity contribution is 7.89. The maximum Gasteiger partial charge on any atom is 0.214 e. The van der Waals surface area contributed by atoms with Crippen LogP contribution in [0.5, 0.6) is 0 Å². The van der Waals surface area contributed by atoms with Crippen molar-refractivity contribution < 1.29 is 13.5 Å². The number of hydrogen-bond donors (Lipinski definition) is 1. The molecule has 1 N–H and O–H groups in total. The van der Waals surface area contributed by atoms with Gasteiger partial charge in [-0.25, -0.2) is 12.7 Å². The van der Waals surface area contributed by atoms with Crippen molar-refractivity contribution in [3.63, 3.8) is 0 Å². The van der Waals surface area contributed by atoms with Crippen molar-refractivity contribution in [3.8, 4) is 0 Å². The average molecular weight is 271 g/mol. The number of benzene rings is 1. The Morgan fingerprint density at radius 1 is 1.22 bits per heavy atom. The minimum absolute atomic E-state index is 0.0186. The Labute approximate surface area is 109 Å². The lowest BCUT2D eigenvalue weighted by Gasteiger charge is -2.19. The van der Waals surface area contributed by atoms with Gasteiger partial charge >= 0.3 is 0 Å². The Hall–Kier alpha value is -0.910. The molecule has 4 nitrogen and oxygen atoms in total. The maximum absolute atomic E-state index is 12.1. The number of hydrogen-bond acceptors (Lipinski definition) is 3. The molecule has 102 valence electrons. The molecule has 0 bridgehead atoms. The quantitative estimate of drug-likeness (QED) is 0.774. The monoisotopic (exact) mass is 271 g/mol. The molecule has 1 aromatic rings. The number of nitrogens with zero attached hydrogens (tertiary/aromatic N) is 1. The number of aliphatic hydroxyl groups excluding tert-OH is 1. The van der Waals surface area contributed by atoms with E-state index in [0.29, 0.717) is 25.9 Å². The molecule has 0 aliphatic rings. The zero-order valence-electron chi connectivity index (χ0n) is 10.7. The van der Waals surface area contributed by atoms with Crippen molar-refractivity contribution in [1.29, 1.82) is 0 Å². The van der Waals surface area contributed by atoms with Gasteiger partial charge in [0.15, 0.2) is 0 Å². The molecule has 0 amide bonds. The summed E-state index contributed by atoms with van der Waals surface area (Å²) in [4.78, 5) is 0. The highest BCUT2D eigenvalue weighted by Crippen LogP contribution is 2.07. The lowest BCUT2D eigenvalue weighted by Crippen LogP contribution is -2.34. The van der Waals surface area contributed by atoms with Crippen LogP contribution < -0.4 is 0 Å². The van der Waals surface area contributed by atoms with Crippen LogP contribution in [-0.2, 0) is 16.4 Å². The molecule has 0 aromatic heterocycles. The first-order chi connectivity index (χ1) is 8.60. The fourth-order valence-electron chi connectivity index (χ4n) is 1.76. The third-order valence-corrected chi connectivity index (χ3v) is 4.75. The summed E-state index contributed by atoms with van der Waals surface area (Å²) in [5, 5.41) is 8.76. The summed E-state index contributed by atoms with van der Waals surface area (Å²) in [5.74, 6) is 0.121. The second kappa shape index (κ2) is 7.51. The van der Waals surface area contributed by atoms with Gasteiger partial charge in [-0.1, -0.05) is 37.3 Å². The first-order valence-electron chi connectivity index (χ1n) is 6.22. The van der Waals surface area contributed by atoms with Crippen LogP contribution in [0.15, 0.2) is 30.3 Å². The van der Waals surface area contributed by atoms with Crippen LogP contribution in [0.1, 0.15) is 18.9 Å². The standard InChI is InChI=1S/C13H21NO3S/c1-2-14(10-6-11-15)18(16,17)12-9-13-7-4-3-5-8-13/h3-5,7-8,15H,2,6,9-12H2,1H3. The van der Waals surface area contributed by atoms with Gasteiger partial charge in [0.2, 0.25) is 10.0 Å². The summed E-state index contributed by atoms with van der Waals surface area (Å²) in [6.45, 7) is 2.68. The predicted octanol–water partition coefficient (Wildman–Crippen LogP) is 1.26. The summed E-state index contributed by atoms with van der Waals surface area (Å²) in [5.41, 5.74) is 1.03. The molecule has 0 unspecified atom stereocenters. The van der Waals surface area contributed by atoms with Gasteiger partial charge < -0.3 is 5.11 Å². The first kappa shape index (κ1) is 15.1. The van der Waals surface area contributed by atoms with Crippen LogP contribution in [0, 0.1) is 0 Å². The van der Waals surface area contributed by atoms with E-state index >= 15 is 0 Å². The number of aryl methyl sites for hydroxylation is 1. The van der Waals surface area contributed by atoms with Crippen molar-refractivity contribution in [2.24, 2.45) is 0 Å². The van der Waals surface area contributed by atoms with E-state index in [1.54, 1.807) is 0 Å². The third-order valence-electron chi connectivity index (χ3n) is 2.80. The summed E-state index contributed by atoms with van der Waals surface area (Å²) < 4.78 is 25.6. The van der Waals surface area contributed by atoms with Gasteiger partial charge in [-0.15, -0.1) is 0 Å². The van der Waals surface area contributed by atoms with E-state index < -0.39 is 10.0 Å². The van der Waals surface area contributed by atoms with E-state index in [4.69, 9.17) is 5.11 Å². The van der Waals surface area contributed by atoms with Gasteiger partial charge in [0.1, 0.15) is 0 Å². The minimum Gasteiger partial charge on any atom is -0.396 e. The molecule has 1 rings (SSSR count). The van der Waals surface area contributed by atoms with Crippen LogP contribution in [0.25, 0.3) is 0 Å². The van der Waals surface area contributed by atoms with Crippen molar-refractivity contribution in [3.05, 3.63) is 35.9 Å². The second-order valence-corrected chi connectivity index (χ2v) is 6.21. The summed E-state index contributed by atoms with van der Waals surface area (Å²) in [6, 6.07) is 9.59. The Kier molecular flexibility index (Phi) is 6.32. The molecule has 0 aliphatic carbocycles. The van der Waals surface area contributed by atoms with E-state index in [1.165, 1.54) is 4.31 Å². The Morgan fingerprint density at radius 2 is 1.89 bits per heavy atom. The van der Waals surface area contributed by atoms with E-state index in [-0.39, 0.29) is 12.4 Å². The van der Waals surface area contributed by atoms with Gasteiger partial charge in [0.05, 0.1) is 5.75 Å². The molecule has 0 radical (unpaired) electrons. The Bertz CT molecular complexity index is 431. The summed E-state index contributed by atoms with van der Waals surface area (Å²) in [7, 11) is -3.22. The van der Waals surface area contributed by atoms with Crippen LogP contribution >= 0.6 is 0 Å². The smallest absolute Gasteiger partial charge is 0.214 e. The zero-order chi connectivity index (χ0) is 13.4. The van der Waals surface area contributed by atoms with Crippen molar-refractivity contribution >= 4 is 10.0 Å². The van der Waals surface area contributed by atoms with Crippen LogP contribution in [0.4, 0.5) is 0 Å². The average Bonchev–Trinajstić information content (AvgIpc) is 2.38. The van der Waals surface area contributed by atoms with E-state index in [9.17, 15) is 8.42 Å². The molecule has 0 saturated heterocycles. The molecule has 0 aliphatic heterocycles. The SMILES string of the molecule is CCN(CCCO)S(=O)(=O)CCc1ccccc1. The lowest BCUT2D eigenvalue weighted by molar-refractivity contribution is 0.271. The molecular formula is C13H21NO3S. The number of sulfonamides is 1. The van der Waals surface area contributed by atoms with Crippen molar-refractivity contribution in [2.45, 2.75) is 19.8 Å². The largest absolute Gasteiger partial charge is 0.396 e. The molecule has 18 heavy (non-hydrogen) atoms. The fraction of sp³-hybridized carbons (Fsp3) is 0.538.